The summed E-state index contributed by atoms with van der Waals surface area (Å²) in [5, 5.41) is 1.89. The standard InChI is InChI=1S/C26H21F/c1-2-19-5-10-22(11-6-19)23-12-7-20(8-13-23)3-4-21-9-14-25-18-26(27)16-15-24(25)17-21/h1,7-9,12-19,22H,5-6,10-11H2. The van der Waals surface area contributed by atoms with Crippen molar-refractivity contribution >= 4 is 10.8 Å². The monoisotopic (exact) mass is 352 g/mol. The van der Waals surface area contributed by atoms with Crippen LogP contribution in [0.3, 0.4) is 0 Å². The highest BCUT2D eigenvalue weighted by Crippen LogP contribution is 2.35. The fraction of sp³-hybridized carbons (Fsp3) is 0.231. The first kappa shape index (κ1) is 17.4. The first-order valence-corrected chi connectivity index (χ1v) is 9.49. The lowest BCUT2D eigenvalue weighted by atomic mass is 9.79. The zero-order valence-electron chi connectivity index (χ0n) is 15.2. The van der Waals surface area contributed by atoms with Crippen LogP contribution in [-0.2, 0) is 0 Å². The Morgan fingerprint density at radius 3 is 2.11 bits per heavy atom. The molecule has 3 aromatic carbocycles. The zero-order valence-corrected chi connectivity index (χ0v) is 15.2. The van der Waals surface area contributed by atoms with Crippen LogP contribution in [0.2, 0.25) is 0 Å². The molecule has 0 radical (unpaired) electrons. The fourth-order valence-corrected chi connectivity index (χ4v) is 3.87. The molecular formula is C26H21F. The van der Waals surface area contributed by atoms with E-state index in [0.29, 0.717) is 11.8 Å². The molecule has 27 heavy (non-hydrogen) atoms. The molecule has 132 valence electrons. The van der Waals surface area contributed by atoms with Crippen molar-refractivity contribution in [1.82, 2.24) is 0 Å². The number of hydrogen-bond acceptors (Lipinski definition) is 0. The highest BCUT2D eigenvalue weighted by Gasteiger charge is 2.20. The molecule has 0 aromatic heterocycles. The minimum absolute atomic E-state index is 0.214. The second-order valence-corrected chi connectivity index (χ2v) is 7.29. The quantitative estimate of drug-likeness (QED) is 0.452. The summed E-state index contributed by atoms with van der Waals surface area (Å²) in [5.74, 6) is 10.2. The van der Waals surface area contributed by atoms with Crippen molar-refractivity contribution in [2.75, 3.05) is 0 Å². The molecule has 1 fully saturated rings. The van der Waals surface area contributed by atoms with Crippen LogP contribution < -0.4 is 0 Å². The Bertz CT molecular complexity index is 1050. The summed E-state index contributed by atoms with van der Waals surface area (Å²) >= 11 is 0. The predicted molar refractivity (Wildman–Crippen MR) is 110 cm³/mol. The van der Waals surface area contributed by atoms with Crippen LogP contribution in [0.1, 0.15) is 48.3 Å². The van der Waals surface area contributed by atoms with Crippen molar-refractivity contribution in [3.05, 3.63) is 83.2 Å². The minimum Gasteiger partial charge on any atom is -0.207 e. The van der Waals surface area contributed by atoms with Gasteiger partial charge in [0.15, 0.2) is 0 Å². The van der Waals surface area contributed by atoms with Gasteiger partial charge in [0.05, 0.1) is 0 Å². The van der Waals surface area contributed by atoms with Crippen molar-refractivity contribution in [2.24, 2.45) is 5.92 Å². The first-order chi connectivity index (χ1) is 13.2. The molecule has 1 heteroatoms. The van der Waals surface area contributed by atoms with Crippen LogP contribution in [-0.4, -0.2) is 0 Å². The van der Waals surface area contributed by atoms with Gasteiger partial charge in [0.25, 0.3) is 0 Å². The first-order valence-electron chi connectivity index (χ1n) is 9.49. The molecule has 0 aliphatic heterocycles. The summed E-state index contributed by atoms with van der Waals surface area (Å²) in [5.41, 5.74) is 3.34. The Hall–Kier alpha value is -3.03. The van der Waals surface area contributed by atoms with E-state index < -0.39 is 0 Å². The zero-order chi connectivity index (χ0) is 18.6. The fourth-order valence-electron chi connectivity index (χ4n) is 3.87. The molecule has 0 spiro atoms. The van der Waals surface area contributed by atoms with Gasteiger partial charge in [0.1, 0.15) is 5.82 Å². The van der Waals surface area contributed by atoms with E-state index in [1.54, 1.807) is 12.1 Å². The van der Waals surface area contributed by atoms with Gasteiger partial charge in [0.2, 0.25) is 0 Å². The average Bonchev–Trinajstić information content (AvgIpc) is 2.72. The lowest BCUT2D eigenvalue weighted by molar-refractivity contribution is 0.385. The molecule has 0 atom stereocenters. The van der Waals surface area contributed by atoms with Crippen LogP contribution in [0.15, 0.2) is 60.7 Å². The lowest BCUT2D eigenvalue weighted by Gasteiger charge is -2.25. The minimum atomic E-state index is -0.214. The maximum atomic E-state index is 13.3. The number of terminal acetylenes is 1. The molecule has 0 heterocycles. The van der Waals surface area contributed by atoms with Gasteiger partial charge in [-0.15, -0.1) is 12.3 Å². The number of halogens is 1. The molecule has 0 amide bonds. The van der Waals surface area contributed by atoms with Gasteiger partial charge in [-0.2, -0.15) is 0 Å². The summed E-state index contributed by atoms with van der Waals surface area (Å²) in [6.45, 7) is 0. The van der Waals surface area contributed by atoms with Crippen molar-refractivity contribution in [3.63, 3.8) is 0 Å². The lowest BCUT2D eigenvalue weighted by Crippen LogP contribution is -2.11. The van der Waals surface area contributed by atoms with Crippen molar-refractivity contribution < 1.29 is 4.39 Å². The van der Waals surface area contributed by atoms with E-state index in [0.717, 1.165) is 34.7 Å². The van der Waals surface area contributed by atoms with Crippen LogP contribution >= 0.6 is 0 Å². The van der Waals surface area contributed by atoms with E-state index in [2.05, 4.69) is 42.0 Å². The largest absolute Gasteiger partial charge is 0.207 e. The third kappa shape index (κ3) is 4.05. The Balaban J connectivity index is 1.48. The highest BCUT2D eigenvalue weighted by atomic mass is 19.1. The molecule has 0 unspecified atom stereocenters. The third-order valence-corrected chi connectivity index (χ3v) is 5.50. The molecule has 1 saturated carbocycles. The SMILES string of the molecule is C#CC1CCC(c2ccc(C#Cc3ccc4cc(F)ccc4c3)cc2)CC1. The smallest absolute Gasteiger partial charge is 0.123 e. The summed E-state index contributed by atoms with van der Waals surface area (Å²) in [6, 6.07) is 19.3. The third-order valence-electron chi connectivity index (χ3n) is 5.50. The van der Waals surface area contributed by atoms with Gasteiger partial charge in [-0.3, -0.25) is 0 Å². The Labute approximate surface area is 160 Å². The van der Waals surface area contributed by atoms with E-state index in [1.807, 2.05) is 18.2 Å². The van der Waals surface area contributed by atoms with Gasteiger partial charge in [-0.05, 0) is 84.3 Å². The molecule has 0 saturated heterocycles. The van der Waals surface area contributed by atoms with E-state index in [-0.39, 0.29) is 5.82 Å². The second kappa shape index (κ2) is 7.69. The molecule has 1 aliphatic rings. The summed E-state index contributed by atoms with van der Waals surface area (Å²) in [4.78, 5) is 0. The maximum Gasteiger partial charge on any atom is 0.123 e. The molecule has 4 rings (SSSR count). The molecular weight excluding hydrogens is 331 g/mol. The van der Waals surface area contributed by atoms with Crippen LogP contribution in [0.25, 0.3) is 10.8 Å². The molecule has 1 aliphatic carbocycles. The van der Waals surface area contributed by atoms with E-state index in [4.69, 9.17) is 6.42 Å². The topological polar surface area (TPSA) is 0 Å². The Morgan fingerprint density at radius 2 is 1.37 bits per heavy atom. The molecule has 3 aromatic rings. The molecule has 0 N–H and O–H groups in total. The van der Waals surface area contributed by atoms with Gasteiger partial charge in [0, 0.05) is 17.0 Å². The predicted octanol–water partition coefficient (Wildman–Crippen LogP) is 6.29. The van der Waals surface area contributed by atoms with Crippen LogP contribution in [0, 0.1) is 35.9 Å². The van der Waals surface area contributed by atoms with Crippen LogP contribution in [0.5, 0.6) is 0 Å². The Morgan fingerprint density at radius 1 is 0.741 bits per heavy atom. The van der Waals surface area contributed by atoms with Crippen LogP contribution in [0.4, 0.5) is 4.39 Å². The number of rotatable bonds is 1. The number of benzene rings is 3. The van der Waals surface area contributed by atoms with E-state index in [9.17, 15) is 4.39 Å². The molecule has 0 nitrogen and oxygen atoms in total. The molecule has 0 bridgehead atoms. The van der Waals surface area contributed by atoms with Crippen molar-refractivity contribution in [3.8, 4) is 24.2 Å². The Kier molecular flexibility index (Phi) is 4.95. The van der Waals surface area contributed by atoms with Gasteiger partial charge in [-0.25, -0.2) is 4.39 Å². The van der Waals surface area contributed by atoms with Crippen molar-refractivity contribution in [2.45, 2.75) is 31.6 Å². The number of hydrogen-bond donors (Lipinski definition) is 0. The maximum absolute atomic E-state index is 13.3. The number of fused-ring (bicyclic) bond motifs is 1. The van der Waals surface area contributed by atoms with Gasteiger partial charge >= 0.3 is 0 Å². The normalized spacial score (nSPS) is 19.1. The average molecular weight is 352 g/mol. The van der Waals surface area contributed by atoms with E-state index >= 15 is 0 Å². The van der Waals surface area contributed by atoms with Gasteiger partial charge in [-0.1, -0.05) is 36.1 Å². The van der Waals surface area contributed by atoms with E-state index in [1.165, 1.54) is 24.5 Å². The summed E-state index contributed by atoms with van der Waals surface area (Å²) in [6.07, 6.45) is 10.2. The van der Waals surface area contributed by atoms with Crippen molar-refractivity contribution in [1.29, 1.82) is 0 Å². The summed E-state index contributed by atoms with van der Waals surface area (Å²) < 4.78 is 13.3. The second-order valence-electron chi connectivity index (χ2n) is 7.29. The van der Waals surface area contributed by atoms with Gasteiger partial charge < -0.3 is 0 Å². The highest BCUT2D eigenvalue weighted by molar-refractivity contribution is 5.83. The summed E-state index contributed by atoms with van der Waals surface area (Å²) in [7, 11) is 0.